The molecule has 39 heavy (non-hydrogen) atoms. The van der Waals surface area contributed by atoms with Crippen LogP contribution in [0, 0.1) is 11.8 Å². The van der Waals surface area contributed by atoms with E-state index in [1.54, 1.807) is 19.1 Å². The van der Waals surface area contributed by atoms with Crippen LogP contribution in [-0.2, 0) is 29.1 Å². The molecule has 1 N–H and O–H groups in total. The van der Waals surface area contributed by atoms with Gasteiger partial charge in [0.2, 0.25) is 11.8 Å². The third-order valence-corrected chi connectivity index (χ3v) is 10.6. The quantitative estimate of drug-likeness (QED) is 0.359. The zero-order valence-corrected chi connectivity index (χ0v) is 24.1. The first-order valence-corrected chi connectivity index (χ1v) is 15.8. The second-order valence-corrected chi connectivity index (χ2v) is 13.8. The van der Waals surface area contributed by atoms with E-state index in [9.17, 15) is 22.8 Å². The Hall–Kier alpha value is -2.32. The zero-order valence-electron chi connectivity index (χ0n) is 21.7. The highest BCUT2D eigenvalue weighted by molar-refractivity contribution is 7.91. The molecule has 5 rings (SSSR count). The van der Waals surface area contributed by atoms with Crippen LogP contribution >= 0.6 is 22.9 Å². The van der Waals surface area contributed by atoms with Gasteiger partial charge in [0.05, 0.1) is 29.9 Å². The van der Waals surface area contributed by atoms with Crippen LogP contribution in [0.2, 0.25) is 5.15 Å². The van der Waals surface area contributed by atoms with Crippen LogP contribution in [0.1, 0.15) is 26.2 Å². The lowest BCUT2D eigenvalue weighted by Crippen LogP contribution is -2.58. The number of nitrogens with zero attached hydrogens (tertiary/aromatic N) is 4. The summed E-state index contributed by atoms with van der Waals surface area (Å²) in [6, 6.07) is 3.82. The van der Waals surface area contributed by atoms with Crippen molar-refractivity contribution in [2.75, 3.05) is 52.4 Å². The largest absolute Gasteiger partial charge is 0.465 e. The number of fused-ring (bicyclic) bond motifs is 3. The van der Waals surface area contributed by atoms with Gasteiger partial charge in [-0.3, -0.25) is 19.3 Å². The molecule has 14 heteroatoms. The molecule has 2 aromatic heterocycles. The topological polar surface area (TPSA) is 129 Å². The van der Waals surface area contributed by atoms with Gasteiger partial charge in [0.15, 0.2) is 0 Å². The van der Waals surface area contributed by atoms with Gasteiger partial charge in [-0.05, 0) is 56.2 Å². The third-order valence-electron chi connectivity index (χ3n) is 7.40. The number of hydrogen-bond donors (Lipinski definition) is 1. The van der Waals surface area contributed by atoms with Crippen molar-refractivity contribution < 1.29 is 27.5 Å². The summed E-state index contributed by atoms with van der Waals surface area (Å²) in [4.78, 5) is 47.8. The number of carbonyl (C=O) groups is 3. The number of amides is 2. The molecular weight excluding hydrogens is 566 g/mol. The summed E-state index contributed by atoms with van der Waals surface area (Å²) >= 11 is 6.98. The Morgan fingerprint density at radius 2 is 1.92 bits per heavy atom. The number of hydrogen-bond acceptors (Lipinski definition) is 9. The van der Waals surface area contributed by atoms with E-state index in [1.807, 2.05) is 4.90 Å². The molecule has 0 radical (unpaired) electrons. The molecule has 3 aliphatic heterocycles. The van der Waals surface area contributed by atoms with Crippen LogP contribution in [0.15, 0.2) is 22.4 Å². The fraction of sp³-hybridized carbons (Fsp3) is 0.600. The monoisotopic (exact) mass is 597 g/mol. The Labute approximate surface area is 236 Å². The van der Waals surface area contributed by atoms with Gasteiger partial charge in [-0.15, -0.1) is 11.3 Å². The molecule has 11 nitrogen and oxygen atoms in total. The average molecular weight is 598 g/mol. The van der Waals surface area contributed by atoms with Crippen molar-refractivity contribution in [2.24, 2.45) is 11.8 Å². The van der Waals surface area contributed by atoms with Crippen molar-refractivity contribution in [2.45, 2.75) is 36.4 Å². The molecule has 2 bridgehead atoms. The van der Waals surface area contributed by atoms with Crippen molar-refractivity contribution in [1.29, 1.82) is 0 Å². The Morgan fingerprint density at radius 1 is 1.18 bits per heavy atom. The lowest BCUT2D eigenvalue weighted by Gasteiger charge is -2.46. The van der Waals surface area contributed by atoms with E-state index in [-0.39, 0.29) is 46.2 Å². The zero-order chi connectivity index (χ0) is 27.7. The highest BCUT2D eigenvalue weighted by Gasteiger charge is 2.39. The van der Waals surface area contributed by atoms with Gasteiger partial charge in [-0.2, -0.15) is 4.72 Å². The van der Waals surface area contributed by atoms with Crippen molar-refractivity contribution in [3.63, 3.8) is 0 Å². The van der Waals surface area contributed by atoms with Crippen molar-refractivity contribution in [3.05, 3.63) is 23.4 Å². The predicted octanol–water partition coefficient (Wildman–Crippen LogP) is 1.56. The minimum Gasteiger partial charge on any atom is -0.465 e. The lowest BCUT2D eigenvalue weighted by molar-refractivity contribution is -0.148. The number of sulfonamides is 1. The number of carbonyl (C=O) groups excluding carboxylic acids is 3. The van der Waals surface area contributed by atoms with Crippen LogP contribution < -0.4 is 4.72 Å². The number of ether oxygens (including phenoxy) is 1. The van der Waals surface area contributed by atoms with Crippen LogP contribution in [-0.4, -0.2) is 104 Å². The van der Waals surface area contributed by atoms with Gasteiger partial charge < -0.3 is 14.5 Å². The average Bonchev–Trinajstić information content (AvgIpc) is 3.30. The number of likely N-dealkylation sites (tertiary alicyclic amines) is 3. The Balaban J connectivity index is 1.17. The van der Waals surface area contributed by atoms with E-state index < -0.39 is 22.0 Å². The first kappa shape index (κ1) is 28.2. The van der Waals surface area contributed by atoms with Crippen LogP contribution in [0.5, 0.6) is 0 Å². The molecule has 3 atom stereocenters. The molecule has 0 aliphatic carbocycles. The summed E-state index contributed by atoms with van der Waals surface area (Å²) in [5.74, 6) is -0.227. The van der Waals surface area contributed by atoms with E-state index >= 15 is 0 Å². The van der Waals surface area contributed by atoms with Gasteiger partial charge >= 0.3 is 5.97 Å². The SMILES string of the molecule is CCOC(=O)CN1CC2CC(C1)CN(C(=O)CN1CCCC(NS(=O)(=O)c3cc4nc(Cl)ccc4s3)C1=O)C2. The molecule has 3 saturated heterocycles. The van der Waals surface area contributed by atoms with Crippen molar-refractivity contribution in [3.8, 4) is 0 Å². The van der Waals surface area contributed by atoms with Crippen molar-refractivity contribution in [1.82, 2.24) is 24.4 Å². The molecule has 3 aliphatic rings. The molecule has 0 aromatic carbocycles. The van der Waals surface area contributed by atoms with Crippen LogP contribution in [0.25, 0.3) is 10.2 Å². The molecule has 3 fully saturated rings. The number of esters is 1. The maximum absolute atomic E-state index is 13.2. The number of rotatable bonds is 8. The molecule has 2 aromatic rings. The minimum atomic E-state index is -3.96. The van der Waals surface area contributed by atoms with E-state index in [2.05, 4.69) is 14.6 Å². The summed E-state index contributed by atoms with van der Waals surface area (Å²) in [6.45, 7) is 5.35. The van der Waals surface area contributed by atoms with Crippen LogP contribution in [0.4, 0.5) is 0 Å². The molecule has 2 amide bonds. The smallest absolute Gasteiger partial charge is 0.320 e. The summed E-state index contributed by atoms with van der Waals surface area (Å²) in [5.41, 5.74) is 0.477. The predicted molar refractivity (Wildman–Crippen MR) is 146 cm³/mol. The number of nitrogens with one attached hydrogen (secondary N) is 1. The third kappa shape index (κ3) is 6.54. The molecule has 0 spiro atoms. The first-order chi connectivity index (χ1) is 18.6. The normalized spacial score (nSPS) is 24.3. The summed E-state index contributed by atoms with van der Waals surface area (Å²) in [7, 11) is -3.96. The molecule has 0 saturated carbocycles. The summed E-state index contributed by atoms with van der Waals surface area (Å²) in [6.07, 6.45) is 1.96. The highest BCUT2D eigenvalue weighted by atomic mass is 35.5. The minimum absolute atomic E-state index is 0.0603. The van der Waals surface area contributed by atoms with E-state index in [1.165, 1.54) is 11.0 Å². The van der Waals surface area contributed by atoms with Gasteiger partial charge in [-0.1, -0.05) is 11.6 Å². The number of aromatic nitrogens is 1. The van der Waals surface area contributed by atoms with E-state index in [4.69, 9.17) is 16.3 Å². The maximum atomic E-state index is 13.2. The van der Waals surface area contributed by atoms with Gasteiger partial charge in [0, 0.05) is 32.7 Å². The van der Waals surface area contributed by atoms with Crippen molar-refractivity contribution >= 4 is 61.0 Å². The summed E-state index contributed by atoms with van der Waals surface area (Å²) < 4.78 is 34.5. The number of halogens is 1. The summed E-state index contributed by atoms with van der Waals surface area (Å²) in [5, 5.41) is 0.270. The van der Waals surface area contributed by atoms with Gasteiger partial charge in [-0.25, -0.2) is 13.4 Å². The second-order valence-electron chi connectivity index (χ2n) is 10.4. The fourth-order valence-electron chi connectivity index (χ4n) is 5.83. The van der Waals surface area contributed by atoms with Crippen LogP contribution in [0.3, 0.4) is 0 Å². The van der Waals surface area contributed by atoms with E-state index in [0.717, 1.165) is 30.8 Å². The molecule has 3 unspecified atom stereocenters. The number of thiophene rings is 1. The first-order valence-electron chi connectivity index (χ1n) is 13.1. The molecule has 5 heterocycles. The standard InChI is InChI=1S/C25H32ClN5O6S2/c1-2-37-23(33)15-29-10-16-8-17(11-29)13-31(12-16)22(32)14-30-7-3-4-18(25(30)34)28-39(35,36)24-9-19-20(38-24)5-6-21(26)27-19/h5-6,9,16-18,28H,2-4,7-8,10-15H2,1H3. The highest BCUT2D eigenvalue weighted by Crippen LogP contribution is 2.30. The molecular formula is C25H32ClN5O6S2. The Morgan fingerprint density at radius 3 is 2.64 bits per heavy atom. The second kappa shape index (κ2) is 11.7. The lowest BCUT2D eigenvalue weighted by atomic mass is 9.84. The van der Waals surface area contributed by atoms with E-state index in [0.29, 0.717) is 49.3 Å². The van der Waals surface area contributed by atoms with Gasteiger partial charge in [0.25, 0.3) is 10.0 Å². The fourth-order valence-corrected chi connectivity index (χ4v) is 8.55. The Bertz CT molecular complexity index is 1350. The maximum Gasteiger partial charge on any atom is 0.320 e. The number of pyridine rings is 1. The Kier molecular flexibility index (Phi) is 8.43. The molecule has 212 valence electrons. The van der Waals surface area contributed by atoms with Gasteiger partial charge in [0.1, 0.15) is 15.4 Å². The number of piperidine rings is 3.